The van der Waals surface area contributed by atoms with E-state index >= 15 is 0 Å². The lowest BCUT2D eigenvalue weighted by Crippen LogP contribution is -2.33. The third-order valence-electron chi connectivity index (χ3n) is 4.13. The summed E-state index contributed by atoms with van der Waals surface area (Å²) < 4.78 is 39.4. The fourth-order valence-corrected chi connectivity index (χ4v) is 3.57. The van der Waals surface area contributed by atoms with Crippen LogP contribution in [0.4, 0.5) is 4.79 Å². The van der Waals surface area contributed by atoms with Crippen molar-refractivity contribution in [3.05, 3.63) is 0 Å². The molecule has 0 bridgehead atoms. The maximum atomic E-state index is 12.0. The molecule has 1 aliphatic rings. The van der Waals surface area contributed by atoms with Crippen molar-refractivity contribution in [2.45, 2.75) is 58.2 Å². The normalized spacial score (nSPS) is 17.3. The van der Waals surface area contributed by atoms with Gasteiger partial charge in [-0.05, 0) is 24.7 Å². The van der Waals surface area contributed by atoms with Crippen LogP contribution in [-0.2, 0) is 29.2 Å². The van der Waals surface area contributed by atoms with Crippen LogP contribution >= 0.6 is 0 Å². The second-order valence-electron chi connectivity index (χ2n) is 6.48. The highest BCUT2D eigenvalue weighted by Crippen LogP contribution is 2.44. The van der Waals surface area contributed by atoms with Crippen LogP contribution in [0.2, 0.25) is 0 Å². The predicted octanol–water partition coefficient (Wildman–Crippen LogP) is 1.30. The molecule has 0 radical (unpaired) electrons. The lowest BCUT2D eigenvalue weighted by molar-refractivity contribution is -0.168. The van der Waals surface area contributed by atoms with Gasteiger partial charge < -0.3 is 19.9 Å². The van der Waals surface area contributed by atoms with E-state index in [2.05, 4.69) is 5.32 Å². The Hall–Kier alpha value is -1.88. The molecule has 1 unspecified atom stereocenters. The minimum atomic E-state index is -4.09. The van der Waals surface area contributed by atoms with E-state index in [9.17, 15) is 22.8 Å². The van der Waals surface area contributed by atoms with E-state index in [1.165, 1.54) is 6.92 Å². The molecule has 150 valence electrons. The quantitative estimate of drug-likeness (QED) is 0.215. The number of carbonyl (C=O) groups is 3. The maximum Gasteiger partial charge on any atom is 0.410 e. The first-order valence-corrected chi connectivity index (χ1v) is 9.93. The van der Waals surface area contributed by atoms with Crippen LogP contribution in [0.15, 0.2) is 0 Å². The third-order valence-corrected chi connectivity index (χ3v) is 4.93. The molecule has 0 aromatic rings. The fraction of sp³-hybridized carbons (Fsp3) is 0.800. The first-order chi connectivity index (χ1) is 12.0. The minimum absolute atomic E-state index is 0.000188. The fourth-order valence-electron chi connectivity index (χ4n) is 3.06. The molecule has 3 N–H and O–H groups in total. The summed E-state index contributed by atoms with van der Waals surface area (Å²) in [5, 5.41) is 11.3. The molecule has 10 nitrogen and oxygen atoms in total. The predicted molar refractivity (Wildman–Crippen MR) is 88.8 cm³/mol. The molecule has 0 spiro atoms. The lowest BCUT2D eigenvalue weighted by atomic mass is 9.79. The zero-order valence-corrected chi connectivity index (χ0v) is 15.4. The average Bonchev–Trinajstić information content (AvgIpc) is 2.89. The molecule has 1 saturated carbocycles. The molecule has 1 amide bonds. The zero-order valence-electron chi connectivity index (χ0n) is 14.6. The van der Waals surface area contributed by atoms with Crippen LogP contribution in [0.5, 0.6) is 0 Å². The number of carboxylic acid groups (broad SMARTS) is 1. The standard InChI is InChI=1S/C15H25NO9S/c1-11(25-14(20)16-7-4-8-26(21,22)23)24-13(19)10-15(9-12(17)18)5-2-3-6-15/h11H,2-10H2,1H3,(H,16,20)(H,17,18)(H,21,22,23). The van der Waals surface area contributed by atoms with Crippen LogP contribution in [0.1, 0.15) is 51.9 Å². The molecule has 0 aromatic heterocycles. The molecule has 26 heavy (non-hydrogen) atoms. The Morgan fingerprint density at radius 3 is 2.31 bits per heavy atom. The summed E-state index contributed by atoms with van der Waals surface area (Å²) in [5.74, 6) is -2.10. The van der Waals surface area contributed by atoms with E-state index in [1.807, 2.05) is 0 Å². The Bertz CT molecular complexity index is 611. The van der Waals surface area contributed by atoms with Crippen molar-refractivity contribution in [3.8, 4) is 0 Å². The monoisotopic (exact) mass is 395 g/mol. The van der Waals surface area contributed by atoms with Gasteiger partial charge in [0.25, 0.3) is 10.1 Å². The highest BCUT2D eigenvalue weighted by Gasteiger charge is 2.39. The van der Waals surface area contributed by atoms with Gasteiger partial charge in [0, 0.05) is 13.5 Å². The van der Waals surface area contributed by atoms with Gasteiger partial charge in [-0.3, -0.25) is 14.1 Å². The van der Waals surface area contributed by atoms with Gasteiger partial charge in [-0.2, -0.15) is 8.42 Å². The molecule has 1 fully saturated rings. The SMILES string of the molecule is CC(OC(=O)CC1(CC(=O)O)CCCC1)OC(=O)NCCCS(=O)(=O)O. The van der Waals surface area contributed by atoms with E-state index in [0.29, 0.717) is 12.8 Å². The second kappa shape index (κ2) is 9.72. The number of ether oxygens (including phenoxy) is 2. The van der Waals surface area contributed by atoms with Gasteiger partial charge in [0.1, 0.15) is 0 Å². The molecular weight excluding hydrogens is 370 g/mol. The smallest absolute Gasteiger partial charge is 0.410 e. The van der Waals surface area contributed by atoms with Crippen molar-refractivity contribution < 1.29 is 41.9 Å². The van der Waals surface area contributed by atoms with Crippen LogP contribution in [0.3, 0.4) is 0 Å². The number of esters is 1. The number of rotatable bonds is 10. The van der Waals surface area contributed by atoms with E-state index < -0.39 is 45.6 Å². The molecule has 1 aliphatic carbocycles. The van der Waals surface area contributed by atoms with E-state index in [-0.39, 0.29) is 25.8 Å². The number of hydrogen-bond acceptors (Lipinski definition) is 7. The highest BCUT2D eigenvalue weighted by molar-refractivity contribution is 7.85. The molecule has 1 atom stereocenters. The summed E-state index contributed by atoms with van der Waals surface area (Å²) in [7, 11) is -4.09. The first kappa shape index (κ1) is 22.2. The Balaban J connectivity index is 2.34. The number of carboxylic acids is 1. The number of carbonyl (C=O) groups excluding carboxylic acids is 2. The van der Waals surface area contributed by atoms with Crippen LogP contribution < -0.4 is 5.32 Å². The van der Waals surface area contributed by atoms with Crippen molar-refractivity contribution in [2.24, 2.45) is 5.41 Å². The maximum absolute atomic E-state index is 12.0. The number of nitrogens with one attached hydrogen (secondary N) is 1. The summed E-state index contributed by atoms with van der Waals surface area (Å²) in [4.78, 5) is 34.5. The summed E-state index contributed by atoms with van der Waals surface area (Å²) in [5.41, 5.74) is -0.610. The van der Waals surface area contributed by atoms with Crippen molar-refractivity contribution in [1.82, 2.24) is 5.32 Å². The summed E-state index contributed by atoms with van der Waals surface area (Å²) in [6.07, 6.45) is 0.760. The molecule has 11 heteroatoms. The Morgan fingerprint density at radius 2 is 1.77 bits per heavy atom. The minimum Gasteiger partial charge on any atom is -0.481 e. The summed E-state index contributed by atoms with van der Waals surface area (Å²) >= 11 is 0. The van der Waals surface area contributed by atoms with E-state index in [4.69, 9.17) is 19.1 Å². The number of alkyl carbamates (subject to hydrolysis) is 1. The van der Waals surface area contributed by atoms with Crippen molar-refractivity contribution in [2.75, 3.05) is 12.3 Å². The van der Waals surface area contributed by atoms with Gasteiger partial charge in [0.15, 0.2) is 0 Å². The van der Waals surface area contributed by atoms with Crippen LogP contribution in [0, 0.1) is 5.41 Å². The van der Waals surface area contributed by atoms with Crippen molar-refractivity contribution in [3.63, 3.8) is 0 Å². The summed E-state index contributed by atoms with van der Waals surface area (Å²) in [6, 6.07) is 0. The molecule has 0 heterocycles. The van der Waals surface area contributed by atoms with Crippen molar-refractivity contribution in [1.29, 1.82) is 0 Å². The third kappa shape index (κ3) is 8.99. The van der Waals surface area contributed by atoms with Crippen molar-refractivity contribution >= 4 is 28.1 Å². The lowest BCUT2D eigenvalue weighted by Gasteiger charge is -2.26. The zero-order chi connectivity index (χ0) is 19.8. The van der Waals surface area contributed by atoms with E-state index in [0.717, 1.165) is 12.8 Å². The topological polar surface area (TPSA) is 156 Å². The molecule has 1 rings (SSSR count). The van der Waals surface area contributed by atoms with Crippen LogP contribution in [-0.4, -0.2) is 54.7 Å². The van der Waals surface area contributed by atoms with E-state index in [1.54, 1.807) is 0 Å². The molecular formula is C15H25NO9S. The second-order valence-corrected chi connectivity index (χ2v) is 8.06. The van der Waals surface area contributed by atoms with Gasteiger partial charge >= 0.3 is 18.0 Å². The van der Waals surface area contributed by atoms with Gasteiger partial charge in [0.05, 0.1) is 18.6 Å². The number of amides is 1. The van der Waals surface area contributed by atoms with Crippen LogP contribution in [0.25, 0.3) is 0 Å². The largest absolute Gasteiger partial charge is 0.481 e. The molecule has 0 aromatic carbocycles. The molecule has 0 aliphatic heterocycles. The van der Waals surface area contributed by atoms with Gasteiger partial charge in [-0.25, -0.2) is 4.79 Å². The summed E-state index contributed by atoms with van der Waals surface area (Å²) in [6.45, 7) is 1.30. The Labute approximate surface area is 152 Å². The first-order valence-electron chi connectivity index (χ1n) is 8.32. The molecule has 0 saturated heterocycles. The Kier molecular flexibility index (Phi) is 8.28. The van der Waals surface area contributed by atoms with Gasteiger partial charge in [-0.15, -0.1) is 0 Å². The van der Waals surface area contributed by atoms with Gasteiger partial charge in [-0.1, -0.05) is 12.8 Å². The highest BCUT2D eigenvalue weighted by atomic mass is 32.2. The number of aliphatic carboxylic acids is 1. The average molecular weight is 395 g/mol. The Morgan fingerprint density at radius 1 is 1.15 bits per heavy atom. The number of hydrogen-bond donors (Lipinski definition) is 3. The van der Waals surface area contributed by atoms with Gasteiger partial charge in [0.2, 0.25) is 6.29 Å².